The van der Waals surface area contributed by atoms with Gasteiger partial charge in [0.25, 0.3) is 0 Å². The quantitative estimate of drug-likeness (QED) is 0.451. The van der Waals surface area contributed by atoms with Gasteiger partial charge in [-0.2, -0.15) is 0 Å². The Bertz CT molecular complexity index is 1140. The third-order valence-corrected chi connectivity index (χ3v) is 5.64. The Morgan fingerprint density at radius 3 is 2.34 bits per heavy atom. The summed E-state index contributed by atoms with van der Waals surface area (Å²) < 4.78 is 44.8. The van der Waals surface area contributed by atoms with Crippen LogP contribution >= 0.6 is 0 Å². The van der Waals surface area contributed by atoms with Gasteiger partial charge in [-0.1, -0.05) is 30.3 Å². The first-order valence-electron chi connectivity index (χ1n) is 8.78. The molecule has 0 heterocycles. The SMILES string of the molecule is O=C(CCNS(=O)(=O)c1ccc2ccccc2c1)OCC(=O)c1ccc(F)cc1. The molecule has 0 aliphatic heterocycles. The van der Waals surface area contributed by atoms with Crippen molar-refractivity contribution in [2.75, 3.05) is 13.2 Å². The first-order chi connectivity index (χ1) is 13.8. The van der Waals surface area contributed by atoms with Crippen molar-refractivity contribution < 1.29 is 27.1 Å². The number of hydrogen-bond donors (Lipinski definition) is 1. The molecule has 0 aromatic heterocycles. The number of ketones is 1. The number of fused-ring (bicyclic) bond motifs is 1. The molecular formula is C21H18FNO5S. The highest BCUT2D eigenvalue weighted by atomic mass is 32.2. The number of sulfonamides is 1. The molecule has 0 amide bonds. The number of carbonyl (C=O) groups is 2. The summed E-state index contributed by atoms with van der Waals surface area (Å²) in [5.74, 6) is -1.67. The Balaban J connectivity index is 1.49. The molecule has 0 saturated heterocycles. The van der Waals surface area contributed by atoms with Crippen molar-refractivity contribution in [2.24, 2.45) is 0 Å². The molecule has 3 aromatic rings. The molecule has 0 saturated carbocycles. The number of carbonyl (C=O) groups excluding carboxylic acids is 2. The van der Waals surface area contributed by atoms with Crippen molar-refractivity contribution in [1.29, 1.82) is 0 Å². The van der Waals surface area contributed by atoms with Crippen LogP contribution in [0.25, 0.3) is 10.8 Å². The molecular weight excluding hydrogens is 397 g/mol. The van der Waals surface area contributed by atoms with Gasteiger partial charge in [0, 0.05) is 12.1 Å². The van der Waals surface area contributed by atoms with Crippen LogP contribution in [0.1, 0.15) is 16.8 Å². The van der Waals surface area contributed by atoms with Crippen LogP contribution in [0.5, 0.6) is 0 Å². The summed E-state index contributed by atoms with van der Waals surface area (Å²) >= 11 is 0. The van der Waals surface area contributed by atoms with E-state index >= 15 is 0 Å². The summed E-state index contributed by atoms with van der Waals surface area (Å²) in [6.45, 7) is -0.666. The Labute approximate surface area is 167 Å². The second-order valence-electron chi connectivity index (χ2n) is 6.25. The number of halogens is 1. The maximum absolute atomic E-state index is 12.8. The fraction of sp³-hybridized carbons (Fsp3) is 0.143. The average molecular weight is 415 g/mol. The lowest BCUT2D eigenvalue weighted by molar-refractivity contribution is -0.142. The number of rotatable bonds is 8. The smallest absolute Gasteiger partial charge is 0.307 e. The molecule has 0 fully saturated rings. The molecule has 0 bridgehead atoms. The van der Waals surface area contributed by atoms with Crippen molar-refractivity contribution in [1.82, 2.24) is 4.72 Å². The molecule has 0 aliphatic rings. The molecule has 0 unspecified atom stereocenters. The van der Waals surface area contributed by atoms with Crippen LogP contribution in [-0.4, -0.2) is 33.3 Å². The molecule has 150 valence electrons. The molecule has 3 rings (SSSR count). The lowest BCUT2D eigenvalue weighted by Gasteiger charge is -2.08. The number of Topliss-reactive ketones (excluding diaryl/α,β-unsaturated/α-hetero) is 1. The van der Waals surface area contributed by atoms with Crippen LogP contribution in [0.4, 0.5) is 4.39 Å². The number of hydrogen-bond acceptors (Lipinski definition) is 5. The van der Waals surface area contributed by atoms with Gasteiger partial charge in [0.15, 0.2) is 12.4 Å². The van der Waals surface area contributed by atoms with Crippen LogP contribution in [0.15, 0.2) is 71.6 Å². The first-order valence-corrected chi connectivity index (χ1v) is 10.3. The molecule has 0 atom stereocenters. The van der Waals surface area contributed by atoms with Crippen molar-refractivity contribution in [3.8, 4) is 0 Å². The van der Waals surface area contributed by atoms with Gasteiger partial charge in [-0.05, 0) is 47.2 Å². The molecule has 3 aromatic carbocycles. The van der Waals surface area contributed by atoms with E-state index in [9.17, 15) is 22.4 Å². The minimum absolute atomic E-state index is 0.0936. The number of nitrogens with one attached hydrogen (secondary N) is 1. The van der Waals surface area contributed by atoms with E-state index in [4.69, 9.17) is 4.74 Å². The number of benzene rings is 3. The van der Waals surface area contributed by atoms with Gasteiger partial charge in [-0.15, -0.1) is 0 Å². The van der Waals surface area contributed by atoms with Gasteiger partial charge in [0.05, 0.1) is 11.3 Å². The molecule has 0 aliphatic carbocycles. The van der Waals surface area contributed by atoms with Gasteiger partial charge >= 0.3 is 5.97 Å². The normalized spacial score (nSPS) is 11.3. The molecule has 0 radical (unpaired) electrons. The van der Waals surface area contributed by atoms with Crippen molar-refractivity contribution in [3.63, 3.8) is 0 Å². The highest BCUT2D eigenvalue weighted by Gasteiger charge is 2.16. The van der Waals surface area contributed by atoms with Crippen LogP contribution in [-0.2, 0) is 19.6 Å². The van der Waals surface area contributed by atoms with Gasteiger partial charge in [-0.3, -0.25) is 9.59 Å². The van der Waals surface area contributed by atoms with Crippen molar-refractivity contribution in [3.05, 3.63) is 78.1 Å². The van der Waals surface area contributed by atoms with Crippen molar-refractivity contribution in [2.45, 2.75) is 11.3 Å². The molecule has 1 N–H and O–H groups in total. The molecule has 0 spiro atoms. The largest absolute Gasteiger partial charge is 0.457 e. The van der Waals surface area contributed by atoms with E-state index < -0.39 is 34.2 Å². The Morgan fingerprint density at radius 2 is 1.62 bits per heavy atom. The minimum Gasteiger partial charge on any atom is -0.457 e. The minimum atomic E-state index is -3.79. The summed E-state index contributed by atoms with van der Waals surface area (Å²) in [4.78, 5) is 23.7. The second kappa shape index (κ2) is 8.93. The predicted octanol–water partition coefficient (Wildman–Crippen LogP) is 3.07. The predicted molar refractivity (Wildman–Crippen MR) is 105 cm³/mol. The zero-order chi connectivity index (χ0) is 20.9. The van der Waals surface area contributed by atoms with E-state index in [-0.39, 0.29) is 23.4 Å². The molecule has 29 heavy (non-hydrogen) atoms. The highest BCUT2D eigenvalue weighted by molar-refractivity contribution is 7.89. The maximum atomic E-state index is 12.8. The van der Waals surface area contributed by atoms with E-state index in [0.717, 1.165) is 22.9 Å². The summed E-state index contributed by atoms with van der Waals surface area (Å²) in [5, 5.41) is 1.70. The maximum Gasteiger partial charge on any atom is 0.307 e. The van der Waals surface area contributed by atoms with Crippen molar-refractivity contribution >= 4 is 32.5 Å². The fourth-order valence-corrected chi connectivity index (χ4v) is 3.71. The van der Waals surface area contributed by atoms with Gasteiger partial charge in [-0.25, -0.2) is 17.5 Å². The number of ether oxygens (including phenoxy) is 1. The first kappa shape index (κ1) is 20.6. The molecule has 8 heteroatoms. The Kier molecular flexibility index (Phi) is 6.36. The Hall–Kier alpha value is -3.10. The lowest BCUT2D eigenvalue weighted by atomic mass is 10.1. The van der Waals surface area contributed by atoms with E-state index in [2.05, 4.69) is 4.72 Å². The Morgan fingerprint density at radius 1 is 0.931 bits per heavy atom. The zero-order valence-electron chi connectivity index (χ0n) is 15.3. The van der Waals surface area contributed by atoms with Gasteiger partial charge in [0.2, 0.25) is 10.0 Å². The second-order valence-corrected chi connectivity index (χ2v) is 8.01. The summed E-state index contributed by atoms with van der Waals surface area (Å²) in [5.41, 5.74) is 0.219. The standard InChI is InChI=1S/C21H18FNO5S/c22-18-8-5-16(6-9-18)20(24)14-28-21(25)11-12-23-29(26,27)19-10-7-15-3-1-2-4-17(15)13-19/h1-10,13,23H,11-12,14H2. The lowest BCUT2D eigenvalue weighted by Crippen LogP contribution is -2.27. The topological polar surface area (TPSA) is 89.5 Å². The van der Waals surface area contributed by atoms with Crippen LogP contribution in [0.2, 0.25) is 0 Å². The monoisotopic (exact) mass is 415 g/mol. The van der Waals surface area contributed by atoms with E-state index in [0.29, 0.717) is 0 Å². The molecule has 6 nitrogen and oxygen atoms in total. The third-order valence-electron chi connectivity index (χ3n) is 4.18. The average Bonchev–Trinajstić information content (AvgIpc) is 2.72. The fourth-order valence-electron chi connectivity index (χ4n) is 2.64. The van der Waals surface area contributed by atoms with Crippen LogP contribution in [0, 0.1) is 5.82 Å². The number of esters is 1. The van der Waals surface area contributed by atoms with E-state index in [1.165, 1.54) is 18.2 Å². The zero-order valence-corrected chi connectivity index (χ0v) is 16.1. The van der Waals surface area contributed by atoms with Crippen LogP contribution < -0.4 is 4.72 Å². The highest BCUT2D eigenvalue weighted by Crippen LogP contribution is 2.18. The summed E-state index contributed by atoms with van der Waals surface area (Å²) in [7, 11) is -3.79. The van der Waals surface area contributed by atoms with E-state index in [1.807, 2.05) is 24.3 Å². The van der Waals surface area contributed by atoms with Crippen LogP contribution in [0.3, 0.4) is 0 Å². The van der Waals surface area contributed by atoms with Gasteiger partial charge in [0.1, 0.15) is 5.82 Å². The third kappa shape index (κ3) is 5.46. The summed E-state index contributed by atoms with van der Waals surface area (Å²) in [6, 6.07) is 17.0. The summed E-state index contributed by atoms with van der Waals surface area (Å²) in [6.07, 6.45) is -0.233. The van der Waals surface area contributed by atoms with Gasteiger partial charge < -0.3 is 4.74 Å². The van der Waals surface area contributed by atoms with E-state index in [1.54, 1.807) is 12.1 Å².